The Balaban J connectivity index is 2.43. The maximum Gasteiger partial charge on any atom is 0.325 e. The second kappa shape index (κ2) is 6.33. The van der Waals surface area contributed by atoms with E-state index in [-0.39, 0.29) is 5.97 Å². The van der Waals surface area contributed by atoms with E-state index in [9.17, 15) is 4.79 Å². The fraction of sp³-hybridized carbons (Fsp3) is 0.917. The number of carbonyl (C=O) groups excluding carboxylic acids is 1. The van der Waals surface area contributed by atoms with Crippen molar-refractivity contribution >= 4 is 5.97 Å². The summed E-state index contributed by atoms with van der Waals surface area (Å²) in [6, 6.07) is 0.480. The van der Waals surface area contributed by atoms with Gasteiger partial charge in [0.25, 0.3) is 0 Å². The molecule has 1 heterocycles. The summed E-state index contributed by atoms with van der Waals surface area (Å²) in [4.78, 5) is 13.9. The summed E-state index contributed by atoms with van der Waals surface area (Å²) in [5.74, 6) is -0.212. The predicted molar refractivity (Wildman–Crippen MR) is 66.0 cm³/mol. The van der Waals surface area contributed by atoms with Crippen molar-refractivity contribution in [2.45, 2.75) is 31.3 Å². The van der Waals surface area contributed by atoms with Crippen molar-refractivity contribution in [3.8, 4) is 0 Å². The second-order valence-corrected chi connectivity index (χ2v) is 4.82. The largest absolute Gasteiger partial charge is 0.468 e. The van der Waals surface area contributed by atoms with Crippen LogP contribution in [0.25, 0.3) is 0 Å². The summed E-state index contributed by atoms with van der Waals surface area (Å²) in [5, 5.41) is 3.04. The number of esters is 1. The smallest absolute Gasteiger partial charge is 0.325 e. The Kier molecular flexibility index (Phi) is 5.36. The van der Waals surface area contributed by atoms with Crippen LogP contribution in [0.5, 0.6) is 0 Å². The molecule has 0 radical (unpaired) electrons. The molecule has 100 valence electrons. The fourth-order valence-electron chi connectivity index (χ4n) is 2.01. The highest BCUT2D eigenvalue weighted by molar-refractivity contribution is 5.80. The number of hydrogen-bond donors (Lipinski definition) is 1. The van der Waals surface area contributed by atoms with Crippen LogP contribution >= 0.6 is 0 Å². The van der Waals surface area contributed by atoms with Gasteiger partial charge in [-0.05, 0) is 33.9 Å². The molecule has 1 fully saturated rings. The number of carbonyl (C=O) groups is 1. The van der Waals surface area contributed by atoms with E-state index in [0.29, 0.717) is 6.04 Å². The van der Waals surface area contributed by atoms with Gasteiger partial charge in [-0.25, -0.2) is 0 Å². The van der Waals surface area contributed by atoms with E-state index in [1.165, 1.54) is 7.11 Å². The summed E-state index contributed by atoms with van der Waals surface area (Å²) in [5.41, 5.74) is -0.609. The topological polar surface area (TPSA) is 50.8 Å². The highest BCUT2D eigenvalue weighted by atomic mass is 16.5. The minimum Gasteiger partial charge on any atom is -0.468 e. The Morgan fingerprint density at radius 2 is 2.35 bits per heavy atom. The standard InChI is InChI=1S/C12H24N2O3/c1-12(13-2,11(15)16-4)6-7-14(3)10-5-8-17-9-10/h10,13H,5-9H2,1-4H3. The third-order valence-corrected chi connectivity index (χ3v) is 3.68. The highest BCUT2D eigenvalue weighted by Gasteiger charge is 2.33. The molecule has 1 rings (SSSR count). The summed E-state index contributed by atoms with van der Waals surface area (Å²) in [6.45, 7) is 4.36. The van der Waals surface area contributed by atoms with Gasteiger partial charge >= 0.3 is 5.97 Å². The van der Waals surface area contributed by atoms with Gasteiger partial charge in [0.05, 0.1) is 13.7 Å². The predicted octanol–water partition coefficient (Wildman–Crippen LogP) is 0.248. The van der Waals surface area contributed by atoms with Gasteiger partial charge in [0, 0.05) is 19.2 Å². The number of nitrogens with one attached hydrogen (secondary N) is 1. The molecule has 0 aromatic carbocycles. The summed E-state index contributed by atoms with van der Waals surface area (Å²) in [7, 11) is 5.29. The van der Waals surface area contributed by atoms with Gasteiger partial charge < -0.3 is 19.7 Å². The first-order chi connectivity index (χ1) is 8.03. The van der Waals surface area contributed by atoms with Crippen molar-refractivity contribution in [3.05, 3.63) is 0 Å². The molecule has 0 saturated carbocycles. The zero-order valence-electron chi connectivity index (χ0n) is 11.3. The van der Waals surface area contributed by atoms with Crippen molar-refractivity contribution in [2.75, 3.05) is 41.0 Å². The van der Waals surface area contributed by atoms with E-state index >= 15 is 0 Å². The van der Waals surface area contributed by atoms with E-state index < -0.39 is 5.54 Å². The first-order valence-electron chi connectivity index (χ1n) is 6.09. The number of ether oxygens (including phenoxy) is 2. The Bertz CT molecular complexity index is 254. The third-order valence-electron chi connectivity index (χ3n) is 3.68. The second-order valence-electron chi connectivity index (χ2n) is 4.82. The Hall–Kier alpha value is -0.650. The first kappa shape index (κ1) is 14.4. The van der Waals surface area contributed by atoms with Crippen LogP contribution in [0.2, 0.25) is 0 Å². The molecule has 1 aliphatic heterocycles. The number of methoxy groups -OCH3 is 1. The zero-order valence-corrected chi connectivity index (χ0v) is 11.3. The van der Waals surface area contributed by atoms with E-state index in [1.807, 2.05) is 6.92 Å². The van der Waals surface area contributed by atoms with Crippen LogP contribution in [0, 0.1) is 0 Å². The van der Waals surface area contributed by atoms with E-state index in [4.69, 9.17) is 9.47 Å². The van der Waals surface area contributed by atoms with Crippen molar-refractivity contribution in [3.63, 3.8) is 0 Å². The van der Waals surface area contributed by atoms with Crippen molar-refractivity contribution in [2.24, 2.45) is 0 Å². The maximum absolute atomic E-state index is 11.7. The van der Waals surface area contributed by atoms with E-state index in [0.717, 1.165) is 32.6 Å². The lowest BCUT2D eigenvalue weighted by molar-refractivity contribution is -0.148. The summed E-state index contributed by atoms with van der Waals surface area (Å²) >= 11 is 0. The van der Waals surface area contributed by atoms with Gasteiger partial charge in [0.2, 0.25) is 0 Å². The average molecular weight is 244 g/mol. The SMILES string of the molecule is CNC(C)(CCN(C)C1CCOC1)C(=O)OC. The van der Waals surface area contributed by atoms with Gasteiger partial charge in [-0.2, -0.15) is 0 Å². The van der Waals surface area contributed by atoms with Crippen molar-refractivity contribution in [1.29, 1.82) is 0 Å². The van der Waals surface area contributed by atoms with Crippen LogP contribution in [0.15, 0.2) is 0 Å². The van der Waals surface area contributed by atoms with Gasteiger partial charge in [0.1, 0.15) is 5.54 Å². The minimum absolute atomic E-state index is 0.212. The van der Waals surface area contributed by atoms with Crippen LogP contribution in [0.3, 0.4) is 0 Å². The van der Waals surface area contributed by atoms with Crippen LogP contribution in [0.1, 0.15) is 19.8 Å². The van der Waals surface area contributed by atoms with Crippen LogP contribution in [-0.4, -0.2) is 63.4 Å². The van der Waals surface area contributed by atoms with Gasteiger partial charge in [0.15, 0.2) is 0 Å². The number of hydrogen-bond acceptors (Lipinski definition) is 5. The first-order valence-corrected chi connectivity index (χ1v) is 6.09. The Labute approximate surface area is 103 Å². The summed E-state index contributed by atoms with van der Waals surface area (Å²) < 4.78 is 10.2. The molecule has 1 aliphatic rings. The molecule has 2 unspecified atom stereocenters. The van der Waals surface area contributed by atoms with Gasteiger partial charge in [-0.3, -0.25) is 4.79 Å². The van der Waals surface area contributed by atoms with Crippen molar-refractivity contribution in [1.82, 2.24) is 10.2 Å². The van der Waals surface area contributed by atoms with Gasteiger partial charge in [-0.15, -0.1) is 0 Å². The number of likely N-dealkylation sites (N-methyl/N-ethyl adjacent to an activating group) is 2. The molecule has 5 heteroatoms. The maximum atomic E-state index is 11.7. The lowest BCUT2D eigenvalue weighted by atomic mass is 9.97. The quantitative estimate of drug-likeness (QED) is 0.679. The zero-order chi connectivity index (χ0) is 12.9. The minimum atomic E-state index is -0.609. The molecule has 1 N–H and O–H groups in total. The molecule has 2 atom stereocenters. The molecular weight excluding hydrogens is 220 g/mol. The number of rotatable bonds is 6. The molecule has 0 aromatic rings. The molecule has 0 aromatic heterocycles. The van der Waals surface area contributed by atoms with E-state index in [1.54, 1.807) is 7.05 Å². The molecular formula is C12H24N2O3. The number of nitrogens with zero attached hydrogens (tertiary/aromatic N) is 1. The Morgan fingerprint density at radius 3 is 2.82 bits per heavy atom. The van der Waals surface area contributed by atoms with E-state index in [2.05, 4.69) is 17.3 Å². The lowest BCUT2D eigenvalue weighted by Gasteiger charge is -2.30. The van der Waals surface area contributed by atoms with Gasteiger partial charge in [-0.1, -0.05) is 0 Å². The fourth-order valence-corrected chi connectivity index (χ4v) is 2.01. The van der Waals surface area contributed by atoms with Crippen LogP contribution in [-0.2, 0) is 14.3 Å². The third kappa shape index (κ3) is 3.66. The van der Waals surface area contributed by atoms with Crippen LogP contribution in [0.4, 0.5) is 0 Å². The van der Waals surface area contributed by atoms with Crippen molar-refractivity contribution < 1.29 is 14.3 Å². The molecule has 0 amide bonds. The molecule has 1 saturated heterocycles. The summed E-state index contributed by atoms with van der Waals surface area (Å²) in [6.07, 6.45) is 1.80. The highest BCUT2D eigenvalue weighted by Crippen LogP contribution is 2.15. The monoisotopic (exact) mass is 244 g/mol. The molecule has 5 nitrogen and oxygen atoms in total. The van der Waals surface area contributed by atoms with Crippen LogP contribution < -0.4 is 5.32 Å². The molecule has 0 aliphatic carbocycles. The average Bonchev–Trinajstić information content (AvgIpc) is 2.88. The Morgan fingerprint density at radius 1 is 1.65 bits per heavy atom. The molecule has 0 bridgehead atoms. The normalized spacial score (nSPS) is 23.7. The molecule has 17 heavy (non-hydrogen) atoms. The lowest BCUT2D eigenvalue weighted by Crippen LogP contribution is -2.50. The molecule has 0 spiro atoms.